The summed E-state index contributed by atoms with van der Waals surface area (Å²) in [5, 5.41) is 10.3. The second-order valence-electron chi connectivity index (χ2n) is 7.15. The first-order valence-electron chi connectivity index (χ1n) is 9.75. The fraction of sp³-hybridized carbons (Fsp3) is 0.0417. The molecule has 3 aromatic carbocycles. The van der Waals surface area contributed by atoms with Crippen molar-refractivity contribution in [3.8, 4) is 22.4 Å². The molecule has 32 heavy (non-hydrogen) atoms. The topological polar surface area (TPSA) is 105 Å². The second kappa shape index (κ2) is 7.59. The van der Waals surface area contributed by atoms with Crippen LogP contribution in [0.2, 0.25) is 0 Å². The molecule has 8 heteroatoms. The highest BCUT2D eigenvalue weighted by Crippen LogP contribution is 2.35. The van der Waals surface area contributed by atoms with Crippen molar-refractivity contribution in [3.63, 3.8) is 0 Å². The minimum atomic E-state index is -0.641. The average Bonchev–Trinajstić information content (AvgIpc) is 3.46. The van der Waals surface area contributed by atoms with E-state index in [9.17, 15) is 14.4 Å². The lowest BCUT2D eigenvalue weighted by atomic mass is 10.0. The van der Waals surface area contributed by atoms with Crippen LogP contribution in [0.4, 0.5) is 5.69 Å². The molecular formula is C24H16N4O4. The summed E-state index contributed by atoms with van der Waals surface area (Å²) in [7, 11) is 1.26. The molecule has 2 amide bonds. The second-order valence-corrected chi connectivity index (χ2v) is 7.15. The third-order valence-corrected chi connectivity index (χ3v) is 5.35. The van der Waals surface area contributed by atoms with Gasteiger partial charge in [-0.2, -0.15) is 15.4 Å². The van der Waals surface area contributed by atoms with Gasteiger partial charge in [0.1, 0.15) is 5.69 Å². The van der Waals surface area contributed by atoms with Gasteiger partial charge in [0, 0.05) is 5.56 Å². The maximum atomic E-state index is 13.3. The van der Waals surface area contributed by atoms with Gasteiger partial charge < -0.3 is 4.74 Å². The average molecular weight is 424 g/mol. The van der Waals surface area contributed by atoms with Crippen molar-refractivity contribution in [1.29, 1.82) is 0 Å². The summed E-state index contributed by atoms with van der Waals surface area (Å²) in [6, 6.07) is 19.3. The van der Waals surface area contributed by atoms with Gasteiger partial charge in [-0.3, -0.25) is 9.59 Å². The number of carbonyl (C=O) groups excluding carboxylic acids is 3. The van der Waals surface area contributed by atoms with Gasteiger partial charge in [0.15, 0.2) is 0 Å². The van der Waals surface area contributed by atoms with Gasteiger partial charge in [0.05, 0.1) is 35.7 Å². The Kier molecular flexibility index (Phi) is 4.59. The number of ether oxygens (including phenoxy) is 1. The molecule has 1 N–H and O–H groups in total. The molecular weight excluding hydrogens is 408 g/mol. The maximum absolute atomic E-state index is 13.3. The van der Waals surface area contributed by atoms with Gasteiger partial charge in [-0.25, -0.2) is 9.69 Å². The molecule has 0 aliphatic carbocycles. The summed E-state index contributed by atoms with van der Waals surface area (Å²) < 4.78 is 4.94. The predicted octanol–water partition coefficient (Wildman–Crippen LogP) is 3.73. The predicted molar refractivity (Wildman–Crippen MR) is 116 cm³/mol. The number of esters is 1. The molecule has 0 saturated carbocycles. The molecule has 2 heterocycles. The van der Waals surface area contributed by atoms with Gasteiger partial charge in [-0.15, -0.1) is 0 Å². The lowest BCUT2D eigenvalue weighted by Crippen LogP contribution is -2.31. The van der Waals surface area contributed by atoms with Crippen molar-refractivity contribution in [2.24, 2.45) is 0 Å². The van der Waals surface area contributed by atoms with Crippen molar-refractivity contribution in [2.75, 3.05) is 12.0 Å². The van der Waals surface area contributed by atoms with Crippen LogP contribution in [0.25, 0.3) is 22.4 Å². The highest BCUT2D eigenvalue weighted by Gasteiger charge is 2.39. The Labute approximate surface area is 182 Å². The third kappa shape index (κ3) is 3.05. The zero-order chi connectivity index (χ0) is 22.2. The third-order valence-electron chi connectivity index (χ3n) is 5.35. The van der Waals surface area contributed by atoms with Gasteiger partial charge in [-0.1, -0.05) is 42.5 Å². The Morgan fingerprint density at radius 3 is 2.34 bits per heavy atom. The Balaban J connectivity index is 1.60. The number of rotatable bonds is 4. The standard InChI is InChI=1S/C24H16N4O4/c1-32-24(31)19-11-15(14-5-3-2-4-6-14)8-10-21(19)28-22(29)17-9-7-16(12-18(17)23(28)30)20-13-25-27-26-20/h2-13H,1H3,(H,25,26,27). The van der Waals surface area contributed by atoms with E-state index in [1.807, 2.05) is 30.3 Å². The molecule has 0 unspecified atom stereocenters. The van der Waals surface area contributed by atoms with Gasteiger partial charge >= 0.3 is 5.97 Å². The molecule has 0 saturated heterocycles. The molecule has 4 aromatic rings. The van der Waals surface area contributed by atoms with Crippen LogP contribution in [-0.4, -0.2) is 40.3 Å². The van der Waals surface area contributed by atoms with Gasteiger partial charge in [0.2, 0.25) is 0 Å². The number of nitrogens with one attached hydrogen (secondary N) is 1. The van der Waals surface area contributed by atoms with Crippen LogP contribution in [0.1, 0.15) is 31.1 Å². The number of anilines is 1. The van der Waals surface area contributed by atoms with Crippen molar-refractivity contribution >= 4 is 23.5 Å². The van der Waals surface area contributed by atoms with Crippen LogP contribution < -0.4 is 4.90 Å². The first-order valence-corrected chi connectivity index (χ1v) is 9.75. The number of hydrogen-bond acceptors (Lipinski definition) is 6. The Bertz CT molecular complexity index is 1360. The summed E-state index contributed by atoms with van der Waals surface area (Å²) in [5.74, 6) is -1.67. The number of benzene rings is 3. The number of H-pyrrole nitrogens is 1. The van der Waals surface area contributed by atoms with Crippen LogP contribution in [0, 0.1) is 0 Å². The quantitative estimate of drug-likeness (QED) is 0.395. The maximum Gasteiger partial charge on any atom is 0.340 e. The summed E-state index contributed by atoms with van der Waals surface area (Å²) in [6.45, 7) is 0. The molecule has 1 aromatic heterocycles. The molecule has 0 radical (unpaired) electrons. The number of fused-ring (bicyclic) bond motifs is 1. The molecule has 0 bridgehead atoms. The zero-order valence-electron chi connectivity index (χ0n) is 16.9. The van der Waals surface area contributed by atoms with Crippen molar-refractivity contribution < 1.29 is 19.1 Å². The summed E-state index contributed by atoms with van der Waals surface area (Å²) in [4.78, 5) is 40.0. The summed E-state index contributed by atoms with van der Waals surface area (Å²) in [5.41, 5.74) is 3.64. The number of aromatic amines is 1. The van der Waals surface area contributed by atoms with E-state index < -0.39 is 17.8 Å². The largest absolute Gasteiger partial charge is 0.465 e. The molecule has 8 nitrogen and oxygen atoms in total. The number of carbonyl (C=O) groups is 3. The lowest BCUT2D eigenvalue weighted by Gasteiger charge is -2.18. The summed E-state index contributed by atoms with van der Waals surface area (Å²) in [6.07, 6.45) is 1.53. The van der Waals surface area contributed by atoms with E-state index in [0.29, 0.717) is 11.3 Å². The van der Waals surface area contributed by atoms with E-state index in [1.54, 1.807) is 36.4 Å². The zero-order valence-corrected chi connectivity index (χ0v) is 16.9. The fourth-order valence-electron chi connectivity index (χ4n) is 3.77. The summed E-state index contributed by atoms with van der Waals surface area (Å²) >= 11 is 0. The van der Waals surface area contributed by atoms with E-state index in [-0.39, 0.29) is 22.4 Å². The Morgan fingerprint density at radius 2 is 1.62 bits per heavy atom. The van der Waals surface area contributed by atoms with Crippen molar-refractivity contribution in [2.45, 2.75) is 0 Å². The fourth-order valence-corrected chi connectivity index (χ4v) is 3.77. The minimum Gasteiger partial charge on any atom is -0.465 e. The number of nitrogens with zero attached hydrogens (tertiary/aromatic N) is 3. The van der Waals surface area contributed by atoms with Crippen molar-refractivity contribution in [1.82, 2.24) is 15.4 Å². The monoisotopic (exact) mass is 424 g/mol. The number of imide groups is 1. The van der Waals surface area contributed by atoms with Crippen LogP contribution in [0.15, 0.2) is 72.9 Å². The van der Waals surface area contributed by atoms with E-state index in [4.69, 9.17) is 4.74 Å². The lowest BCUT2D eigenvalue weighted by molar-refractivity contribution is 0.0602. The van der Waals surface area contributed by atoms with Gasteiger partial charge in [0.25, 0.3) is 11.8 Å². The van der Waals surface area contributed by atoms with Crippen molar-refractivity contribution in [3.05, 3.63) is 89.6 Å². The molecule has 0 fully saturated rings. The van der Waals surface area contributed by atoms with Crippen LogP contribution >= 0.6 is 0 Å². The van der Waals surface area contributed by atoms with E-state index >= 15 is 0 Å². The molecule has 0 spiro atoms. The Morgan fingerprint density at radius 1 is 0.875 bits per heavy atom. The van der Waals surface area contributed by atoms with E-state index in [1.165, 1.54) is 13.3 Å². The highest BCUT2D eigenvalue weighted by atomic mass is 16.5. The van der Waals surface area contributed by atoms with Gasteiger partial charge in [-0.05, 0) is 35.4 Å². The highest BCUT2D eigenvalue weighted by molar-refractivity contribution is 6.35. The first-order chi connectivity index (χ1) is 15.6. The molecule has 1 aliphatic rings. The van der Waals surface area contributed by atoms with E-state index in [2.05, 4.69) is 15.4 Å². The minimum absolute atomic E-state index is 0.125. The smallest absolute Gasteiger partial charge is 0.340 e. The number of aromatic nitrogens is 3. The van der Waals surface area contributed by atoms with Crippen LogP contribution in [-0.2, 0) is 4.74 Å². The molecule has 1 aliphatic heterocycles. The number of methoxy groups -OCH3 is 1. The molecule has 156 valence electrons. The normalized spacial score (nSPS) is 12.7. The number of amides is 2. The SMILES string of the molecule is COC(=O)c1cc(-c2ccccc2)ccc1N1C(=O)c2ccc(-c3cn[nH]n3)cc2C1=O. The van der Waals surface area contributed by atoms with Crippen LogP contribution in [0.5, 0.6) is 0 Å². The molecule has 5 rings (SSSR count). The first kappa shape index (κ1) is 19.4. The number of hydrogen-bond donors (Lipinski definition) is 1. The Hall–Kier alpha value is -4.59. The van der Waals surface area contributed by atoms with Crippen LogP contribution in [0.3, 0.4) is 0 Å². The van der Waals surface area contributed by atoms with E-state index in [0.717, 1.165) is 16.0 Å². The molecule has 0 atom stereocenters.